The number of carbonyl (C=O) groups is 1. The van der Waals surface area contributed by atoms with Gasteiger partial charge in [-0.1, -0.05) is 11.6 Å². The zero-order chi connectivity index (χ0) is 18.1. The molecule has 0 unspecified atom stereocenters. The Labute approximate surface area is 155 Å². The molecule has 9 heteroatoms. The van der Waals surface area contributed by atoms with Crippen LogP contribution in [0.5, 0.6) is 11.5 Å². The molecule has 2 aromatic rings. The van der Waals surface area contributed by atoms with Crippen molar-refractivity contribution < 1.29 is 14.3 Å². The predicted molar refractivity (Wildman–Crippen MR) is 97.2 cm³/mol. The van der Waals surface area contributed by atoms with Gasteiger partial charge in [0.05, 0.1) is 23.1 Å². The van der Waals surface area contributed by atoms with Gasteiger partial charge in [0, 0.05) is 31.3 Å². The Morgan fingerprint density at radius 2 is 2.08 bits per heavy atom. The molecule has 1 fully saturated rings. The monoisotopic (exact) mass is 375 g/mol. The van der Waals surface area contributed by atoms with Gasteiger partial charge in [0.1, 0.15) is 11.5 Å². The smallest absolute Gasteiger partial charge is 0.275 e. The summed E-state index contributed by atoms with van der Waals surface area (Å²) in [6.07, 6.45) is 4.15. The maximum absolute atomic E-state index is 12.4. The Morgan fingerprint density at radius 1 is 1.27 bits per heavy atom. The predicted octanol–water partition coefficient (Wildman–Crippen LogP) is 1.91. The lowest BCUT2D eigenvalue weighted by Crippen LogP contribution is -2.30. The SMILES string of the molecule is CN[C@@H]1CCN(c2cnc(C(=O)Nc3cc4c(cc3Cl)OCO4)cn2)C1. The molecule has 8 nitrogen and oxygen atoms in total. The van der Waals surface area contributed by atoms with Crippen LogP contribution in [0.25, 0.3) is 0 Å². The van der Waals surface area contributed by atoms with Crippen molar-refractivity contribution in [1.82, 2.24) is 15.3 Å². The van der Waals surface area contributed by atoms with Crippen LogP contribution < -0.4 is 25.0 Å². The second kappa shape index (κ2) is 6.97. The van der Waals surface area contributed by atoms with Crippen molar-refractivity contribution in [2.75, 3.05) is 37.1 Å². The zero-order valence-electron chi connectivity index (χ0n) is 14.2. The molecule has 2 aliphatic heterocycles. The number of hydrogen-bond donors (Lipinski definition) is 2. The van der Waals surface area contributed by atoms with Gasteiger partial charge in [-0.15, -0.1) is 0 Å². The van der Waals surface area contributed by atoms with Crippen LogP contribution >= 0.6 is 11.6 Å². The third-order valence-corrected chi connectivity index (χ3v) is 4.81. The van der Waals surface area contributed by atoms with E-state index in [9.17, 15) is 4.79 Å². The minimum atomic E-state index is -0.390. The highest BCUT2D eigenvalue weighted by Gasteiger charge is 2.23. The fraction of sp³-hybridized carbons (Fsp3) is 0.353. The van der Waals surface area contributed by atoms with E-state index in [1.165, 1.54) is 6.20 Å². The Kier molecular flexibility index (Phi) is 4.52. The van der Waals surface area contributed by atoms with Crippen LogP contribution in [0.1, 0.15) is 16.9 Å². The first-order chi connectivity index (χ1) is 12.6. The average molecular weight is 376 g/mol. The highest BCUT2D eigenvalue weighted by atomic mass is 35.5. The zero-order valence-corrected chi connectivity index (χ0v) is 14.9. The maximum Gasteiger partial charge on any atom is 0.275 e. The molecule has 0 spiro atoms. The highest BCUT2D eigenvalue weighted by molar-refractivity contribution is 6.34. The van der Waals surface area contributed by atoms with Crippen LogP contribution in [-0.4, -0.2) is 48.8 Å². The molecule has 0 saturated carbocycles. The number of fused-ring (bicyclic) bond motifs is 1. The van der Waals surface area contributed by atoms with Crippen LogP contribution in [0.2, 0.25) is 5.02 Å². The quantitative estimate of drug-likeness (QED) is 0.843. The summed E-state index contributed by atoms with van der Waals surface area (Å²) in [7, 11) is 1.95. The molecule has 2 N–H and O–H groups in total. The average Bonchev–Trinajstić information content (AvgIpc) is 3.31. The van der Waals surface area contributed by atoms with Crippen LogP contribution in [0, 0.1) is 0 Å². The number of likely N-dealkylation sites (N-methyl/N-ethyl adjacent to an activating group) is 1. The number of aromatic nitrogens is 2. The minimum absolute atomic E-state index is 0.140. The van der Waals surface area contributed by atoms with Gasteiger partial charge in [0.2, 0.25) is 6.79 Å². The molecule has 136 valence electrons. The van der Waals surface area contributed by atoms with E-state index in [-0.39, 0.29) is 18.4 Å². The lowest BCUT2D eigenvalue weighted by molar-refractivity contribution is 0.102. The molecule has 1 amide bonds. The summed E-state index contributed by atoms with van der Waals surface area (Å²) < 4.78 is 10.6. The van der Waals surface area contributed by atoms with E-state index in [0.717, 1.165) is 25.3 Å². The number of nitrogens with one attached hydrogen (secondary N) is 2. The topological polar surface area (TPSA) is 88.6 Å². The number of rotatable bonds is 4. The Balaban J connectivity index is 1.46. The van der Waals surface area contributed by atoms with Crippen molar-refractivity contribution in [2.24, 2.45) is 0 Å². The van der Waals surface area contributed by atoms with E-state index in [1.807, 2.05) is 7.05 Å². The molecular formula is C17H18ClN5O3. The van der Waals surface area contributed by atoms with E-state index >= 15 is 0 Å². The molecule has 2 aliphatic rings. The third-order valence-electron chi connectivity index (χ3n) is 4.50. The van der Waals surface area contributed by atoms with E-state index in [2.05, 4.69) is 25.5 Å². The molecule has 26 heavy (non-hydrogen) atoms. The molecule has 3 heterocycles. The molecule has 0 radical (unpaired) electrons. The number of benzene rings is 1. The maximum atomic E-state index is 12.4. The molecule has 1 saturated heterocycles. The van der Waals surface area contributed by atoms with E-state index in [1.54, 1.807) is 18.3 Å². The Morgan fingerprint density at radius 3 is 2.77 bits per heavy atom. The largest absolute Gasteiger partial charge is 0.454 e. The van der Waals surface area contributed by atoms with Gasteiger partial charge in [-0.3, -0.25) is 4.79 Å². The Bertz CT molecular complexity index is 830. The first-order valence-corrected chi connectivity index (χ1v) is 8.66. The van der Waals surface area contributed by atoms with Crippen molar-refractivity contribution >= 4 is 29.0 Å². The second-order valence-electron chi connectivity index (χ2n) is 6.12. The molecule has 1 aromatic carbocycles. The molecule has 1 aromatic heterocycles. The van der Waals surface area contributed by atoms with E-state index in [0.29, 0.717) is 28.3 Å². The summed E-state index contributed by atoms with van der Waals surface area (Å²) in [5.74, 6) is 1.47. The van der Waals surface area contributed by atoms with Crippen molar-refractivity contribution in [3.8, 4) is 11.5 Å². The molecule has 0 bridgehead atoms. The standard InChI is InChI=1S/C17H18ClN5O3/c1-19-10-2-3-23(8-10)16-7-20-13(6-21-16)17(24)22-12-5-15-14(4-11(12)18)25-9-26-15/h4-7,10,19H,2-3,8-9H2,1H3,(H,22,24)/t10-/m1/s1. The highest BCUT2D eigenvalue weighted by Crippen LogP contribution is 2.39. The lowest BCUT2D eigenvalue weighted by Gasteiger charge is -2.17. The normalized spacial score (nSPS) is 18.2. The van der Waals surface area contributed by atoms with Gasteiger partial charge in [-0.05, 0) is 13.5 Å². The van der Waals surface area contributed by atoms with Gasteiger partial charge < -0.3 is 25.0 Å². The number of carbonyl (C=O) groups excluding carboxylic acids is 1. The molecule has 0 aliphatic carbocycles. The van der Waals surface area contributed by atoms with Crippen LogP contribution in [0.4, 0.5) is 11.5 Å². The van der Waals surface area contributed by atoms with Crippen LogP contribution in [0.3, 0.4) is 0 Å². The number of ether oxygens (including phenoxy) is 2. The summed E-state index contributed by atoms with van der Waals surface area (Å²) in [4.78, 5) is 23.2. The molecule has 4 rings (SSSR count). The molecule has 1 atom stereocenters. The Hall–Kier alpha value is -2.58. The number of nitrogens with zero attached hydrogens (tertiary/aromatic N) is 3. The number of anilines is 2. The summed E-state index contributed by atoms with van der Waals surface area (Å²) in [6, 6.07) is 3.69. The van der Waals surface area contributed by atoms with Crippen molar-refractivity contribution in [3.63, 3.8) is 0 Å². The van der Waals surface area contributed by atoms with Gasteiger partial charge >= 0.3 is 0 Å². The van der Waals surface area contributed by atoms with Crippen molar-refractivity contribution in [1.29, 1.82) is 0 Å². The summed E-state index contributed by atoms with van der Waals surface area (Å²) in [5.41, 5.74) is 0.648. The fourth-order valence-corrected chi connectivity index (χ4v) is 3.21. The van der Waals surface area contributed by atoms with E-state index < -0.39 is 0 Å². The summed E-state index contributed by atoms with van der Waals surface area (Å²) in [6.45, 7) is 1.93. The number of amides is 1. The fourth-order valence-electron chi connectivity index (χ4n) is 3.01. The van der Waals surface area contributed by atoms with Gasteiger partial charge in [0.25, 0.3) is 5.91 Å². The van der Waals surface area contributed by atoms with Gasteiger partial charge in [0.15, 0.2) is 11.5 Å². The van der Waals surface area contributed by atoms with Crippen molar-refractivity contribution in [2.45, 2.75) is 12.5 Å². The van der Waals surface area contributed by atoms with Crippen molar-refractivity contribution in [3.05, 3.63) is 35.2 Å². The van der Waals surface area contributed by atoms with Crippen LogP contribution in [0.15, 0.2) is 24.5 Å². The summed E-state index contributed by atoms with van der Waals surface area (Å²) >= 11 is 6.18. The van der Waals surface area contributed by atoms with Gasteiger partial charge in [-0.25, -0.2) is 9.97 Å². The number of hydrogen-bond acceptors (Lipinski definition) is 7. The van der Waals surface area contributed by atoms with Crippen LogP contribution in [-0.2, 0) is 0 Å². The summed E-state index contributed by atoms with van der Waals surface area (Å²) in [5, 5.41) is 6.35. The van der Waals surface area contributed by atoms with Gasteiger partial charge in [-0.2, -0.15) is 0 Å². The molecular weight excluding hydrogens is 358 g/mol. The minimum Gasteiger partial charge on any atom is -0.454 e. The first kappa shape index (κ1) is 16.9. The number of halogens is 1. The second-order valence-corrected chi connectivity index (χ2v) is 6.53. The van der Waals surface area contributed by atoms with E-state index in [4.69, 9.17) is 21.1 Å². The first-order valence-electron chi connectivity index (χ1n) is 8.29. The third kappa shape index (κ3) is 3.25. The lowest BCUT2D eigenvalue weighted by atomic mass is 10.2.